The lowest BCUT2D eigenvalue weighted by atomic mass is 10.1. The number of nitrogens with one attached hydrogen (secondary N) is 1. The number of amides is 1. The average molecular weight is 436 g/mol. The number of carboxylic acids is 3. The van der Waals surface area contributed by atoms with Crippen molar-refractivity contribution in [3.8, 4) is 0 Å². The van der Waals surface area contributed by atoms with Gasteiger partial charge in [0.1, 0.15) is 12.1 Å². The zero-order chi connectivity index (χ0) is 22.3. The molecule has 0 saturated carbocycles. The van der Waals surface area contributed by atoms with E-state index in [0.717, 1.165) is 22.5 Å². The lowest BCUT2D eigenvalue weighted by Gasteiger charge is -2.19. The number of nitrogens with zero attached hydrogens (tertiary/aromatic N) is 1. The Morgan fingerprint density at radius 1 is 1.07 bits per heavy atom. The fourth-order valence-electron chi connectivity index (χ4n) is 3.01. The normalized spacial score (nSPS) is 13.0. The lowest BCUT2D eigenvalue weighted by Crippen LogP contribution is -2.42. The van der Waals surface area contributed by atoms with Crippen LogP contribution in [0.3, 0.4) is 0 Å². The third-order valence-electron chi connectivity index (χ3n) is 4.45. The summed E-state index contributed by atoms with van der Waals surface area (Å²) in [6.45, 7) is 1.81. The quantitative estimate of drug-likeness (QED) is 0.371. The monoisotopic (exact) mass is 436 g/mol. The summed E-state index contributed by atoms with van der Waals surface area (Å²) in [6.07, 6.45) is 1.99. The number of carboxylic acid groups (broad SMARTS) is 3. The highest BCUT2D eigenvalue weighted by Gasteiger charge is 2.26. The predicted octanol–water partition coefficient (Wildman–Crippen LogP) is 2.59. The summed E-state index contributed by atoms with van der Waals surface area (Å²) in [5.74, 6) is -3.84. The molecule has 0 radical (unpaired) electrons. The second-order valence-electron chi connectivity index (χ2n) is 6.73. The highest BCUT2D eigenvalue weighted by atomic mass is 32.2. The lowest BCUT2D eigenvalue weighted by molar-refractivity contribution is -0.142. The Morgan fingerprint density at radius 3 is 2.37 bits per heavy atom. The van der Waals surface area contributed by atoms with Gasteiger partial charge in [-0.3, -0.25) is 9.59 Å². The van der Waals surface area contributed by atoms with Gasteiger partial charge in [-0.15, -0.1) is 11.8 Å². The molecule has 1 heterocycles. The molecule has 9 nitrogen and oxygen atoms in total. The maximum atomic E-state index is 11.8. The number of rotatable bonds is 12. The molecule has 2 atom stereocenters. The minimum Gasteiger partial charge on any atom is -0.481 e. The molecule has 0 aliphatic rings. The van der Waals surface area contributed by atoms with Gasteiger partial charge in [0.15, 0.2) is 0 Å². The van der Waals surface area contributed by atoms with Crippen molar-refractivity contribution in [2.45, 2.75) is 49.7 Å². The fraction of sp³-hybridized carbons (Fsp3) is 0.400. The Bertz CT molecular complexity index is 940. The number of benzene rings is 1. The summed E-state index contributed by atoms with van der Waals surface area (Å²) in [5, 5.41) is 32.5. The van der Waals surface area contributed by atoms with Gasteiger partial charge in [0.25, 0.3) is 0 Å². The minimum atomic E-state index is -1.19. The van der Waals surface area contributed by atoms with Gasteiger partial charge in [-0.2, -0.15) is 0 Å². The summed E-state index contributed by atoms with van der Waals surface area (Å²) < 4.78 is 1.48. The molecule has 0 spiro atoms. The first kappa shape index (κ1) is 23.3. The molecule has 0 fully saturated rings. The SMILES string of the molecule is CCCC(=O)N[C@@H](CSc1c2ccccc2cn1C(CCC(=O)O)C(=O)O)C(=O)O. The van der Waals surface area contributed by atoms with Gasteiger partial charge in [-0.1, -0.05) is 31.2 Å². The van der Waals surface area contributed by atoms with Crippen LogP contribution in [0.25, 0.3) is 10.8 Å². The van der Waals surface area contributed by atoms with E-state index in [-0.39, 0.29) is 30.9 Å². The van der Waals surface area contributed by atoms with E-state index in [1.807, 2.05) is 6.92 Å². The average Bonchev–Trinajstić information content (AvgIpc) is 3.03. The number of carbonyl (C=O) groups is 4. The Morgan fingerprint density at radius 2 is 1.77 bits per heavy atom. The van der Waals surface area contributed by atoms with E-state index < -0.39 is 30.0 Å². The number of aliphatic carboxylic acids is 3. The van der Waals surface area contributed by atoms with Crippen LogP contribution >= 0.6 is 11.8 Å². The summed E-state index contributed by atoms with van der Waals surface area (Å²) in [7, 11) is 0. The standard InChI is InChI=1S/C20H24N2O7S/c1-2-5-16(23)21-14(19(26)27)11-30-18-13-7-4-3-6-12(13)10-22(18)15(20(28)29)8-9-17(24)25/h3-4,6-7,10,14-15H,2,5,8-9,11H2,1H3,(H,21,23)(H,24,25)(H,26,27)(H,28,29)/t14-,15?/m0/s1. The molecule has 1 aromatic carbocycles. The molecule has 0 saturated heterocycles. The Balaban J connectivity index is 2.35. The molecule has 162 valence electrons. The number of aromatic nitrogens is 1. The van der Waals surface area contributed by atoms with Crippen LogP contribution in [-0.2, 0) is 19.2 Å². The summed E-state index contributed by atoms with van der Waals surface area (Å²) in [6, 6.07) is 4.90. The zero-order valence-electron chi connectivity index (χ0n) is 16.4. The van der Waals surface area contributed by atoms with Crippen LogP contribution in [0.15, 0.2) is 35.5 Å². The Hall–Kier alpha value is -3.01. The van der Waals surface area contributed by atoms with Crippen LogP contribution in [0, 0.1) is 0 Å². The van der Waals surface area contributed by atoms with Gasteiger partial charge in [0.2, 0.25) is 5.91 Å². The molecular formula is C20H24N2O7S. The van der Waals surface area contributed by atoms with Crippen LogP contribution in [0.2, 0.25) is 0 Å². The van der Waals surface area contributed by atoms with Crippen molar-refractivity contribution in [2.24, 2.45) is 0 Å². The van der Waals surface area contributed by atoms with E-state index in [4.69, 9.17) is 5.11 Å². The van der Waals surface area contributed by atoms with Crippen LogP contribution in [0.5, 0.6) is 0 Å². The number of thioether (sulfide) groups is 1. The van der Waals surface area contributed by atoms with Crippen LogP contribution < -0.4 is 5.32 Å². The number of carbonyl (C=O) groups excluding carboxylic acids is 1. The van der Waals surface area contributed by atoms with E-state index in [9.17, 15) is 29.4 Å². The minimum absolute atomic E-state index is 0.00986. The molecule has 1 unspecified atom stereocenters. The summed E-state index contributed by atoms with van der Waals surface area (Å²) >= 11 is 1.12. The second kappa shape index (κ2) is 10.7. The van der Waals surface area contributed by atoms with Crippen molar-refractivity contribution < 1.29 is 34.5 Å². The molecule has 2 aromatic rings. The molecule has 10 heteroatoms. The Kier molecular flexibility index (Phi) is 8.28. The van der Waals surface area contributed by atoms with E-state index in [1.165, 1.54) is 4.57 Å². The molecule has 4 N–H and O–H groups in total. The second-order valence-corrected chi connectivity index (χ2v) is 7.74. The maximum absolute atomic E-state index is 11.8. The van der Waals surface area contributed by atoms with Crippen molar-refractivity contribution in [3.63, 3.8) is 0 Å². The van der Waals surface area contributed by atoms with Crippen molar-refractivity contribution >= 4 is 46.3 Å². The van der Waals surface area contributed by atoms with E-state index in [2.05, 4.69) is 5.32 Å². The van der Waals surface area contributed by atoms with Gasteiger partial charge >= 0.3 is 17.9 Å². The van der Waals surface area contributed by atoms with Crippen molar-refractivity contribution in [3.05, 3.63) is 30.5 Å². The zero-order valence-corrected chi connectivity index (χ0v) is 17.2. The molecule has 2 rings (SSSR count). The highest BCUT2D eigenvalue weighted by molar-refractivity contribution is 7.99. The van der Waals surface area contributed by atoms with Crippen LogP contribution in [0.4, 0.5) is 0 Å². The summed E-state index contributed by atoms with van der Waals surface area (Å²) in [5.41, 5.74) is 0. The topological polar surface area (TPSA) is 146 Å². The largest absolute Gasteiger partial charge is 0.481 e. The van der Waals surface area contributed by atoms with Crippen molar-refractivity contribution in [1.29, 1.82) is 0 Å². The third kappa shape index (κ3) is 5.99. The van der Waals surface area contributed by atoms with Gasteiger partial charge in [-0.25, -0.2) is 9.59 Å². The smallest absolute Gasteiger partial charge is 0.327 e. The molecule has 1 amide bonds. The van der Waals surface area contributed by atoms with Crippen molar-refractivity contribution in [2.75, 3.05) is 5.75 Å². The molecule has 0 aliphatic heterocycles. The maximum Gasteiger partial charge on any atom is 0.327 e. The predicted molar refractivity (Wildman–Crippen MR) is 111 cm³/mol. The van der Waals surface area contributed by atoms with Crippen LogP contribution in [-0.4, -0.2) is 55.5 Å². The fourth-order valence-corrected chi connectivity index (χ4v) is 4.23. The molecule has 0 aliphatic carbocycles. The molecular weight excluding hydrogens is 412 g/mol. The number of hydrogen-bond donors (Lipinski definition) is 4. The van der Waals surface area contributed by atoms with Gasteiger partial charge in [0, 0.05) is 35.6 Å². The highest BCUT2D eigenvalue weighted by Crippen LogP contribution is 2.34. The molecule has 1 aromatic heterocycles. The first-order valence-corrected chi connectivity index (χ1v) is 10.4. The van der Waals surface area contributed by atoms with Crippen molar-refractivity contribution in [1.82, 2.24) is 9.88 Å². The summed E-state index contributed by atoms with van der Waals surface area (Å²) in [4.78, 5) is 46.2. The molecule has 0 bridgehead atoms. The van der Waals surface area contributed by atoms with Gasteiger partial charge < -0.3 is 25.2 Å². The third-order valence-corrected chi connectivity index (χ3v) is 5.66. The number of hydrogen-bond acceptors (Lipinski definition) is 5. The number of fused-ring (bicyclic) bond motifs is 1. The first-order valence-electron chi connectivity index (χ1n) is 9.43. The molecule has 30 heavy (non-hydrogen) atoms. The Labute approximate surface area is 177 Å². The van der Waals surface area contributed by atoms with Crippen LogP contribution in [0.1, 0.15) is 38.6 Å². The van der Waals surface area contributed by atoms with E-state index in [1.54, 1.807) is 30.5 Å². The van der Waals surface area contributed by atoms with Gasteiger partial charge in [-0.05, 0) is 12.8 Å². The van der Waals surface area contributed by atoms with E-state index in [0.29, 0.717) is 11.4 Å². The first-order chi connectivity index (χ1) is 14.2. The van der Waals surface area contributed by atoms with E-state index >= 15 is 0 Å². The van der Waals surface area contributed by atoms with Gasteiger partial charge in [0.05, 0.1) is 5.03 Å².